The highest BCUT2D eigenvalue weighted by molar-refractivity contribution is 5.93. The van der Waals surface area contributed by atoms with Gasteiger partial charge in [-0.15, -0.1) is 0 Å². The molecule has 0 spiro atoms. The van der Waals surface area contributed by atoms with Crippen molar-refractivity contribution >= 4 is 17.3 Å². The number of carbonyl (C=O) groups excluding carboxylic acids is 1. The number of hydrogen-bond acceptors (Lipinski definition) is 7. The summed E-state index contributed by atoms with van der Waals surface area (Å²) >= 11 is 0. The molecule has 0 bridgehead atoms. The number of carbonyl (C=O) groups is 1. The number of ether oxygens (including phenoxy) is 3. The second-order valence-corrected chi connectivity index (χ2v) is 7.46. The van der Waals surface area contributed by atoms with E-state index in [4.69, 9.17) is 14.2 Å². The lowest BCUT2D eigenvalue weighted by molar-refractivity contribution is -0.385. The second-order valence-electron chi connectivity index (χ2n) is 7.46. The molecule has 0 aliphatic carbocycles. The maximum Gasteiger partial charge on any atom is 0.309 e. The summed E-state index contributed by atoms with van der Waals surface area (Å²) < 4.78 is 18.4. The van der Waals surface area contributed by atoms with Crippen LogP contribution in [-0.4, -0.2) is 33.8 Å². The molecule has 1 amide bonds. The van der Waals surface area contributed by atoms with Gasteiger partial charge in [-0.25, -0.2) is 0 Å². The number of hydrogen-bond donors (Lipinski definition) is 1. The molecule has 1 atom stereocenters. The predicted octanol–water partition coefficient (Wildman–Crippen LogP) is 4.68. The van der Waals surface area contributed by atoms with Crippen LogP contribution in [0.4, 0.5) is 11.4 Å². The molecule has 0 aliphatic rings. The highest BCUT2D eigenvalue weighted by Gasteiger charge is 2.22. The Bertz CT molecular complexity index is 1140. The molecule has 0 saturated heterocycles. The van der Waals surface area contributed by atoms with Gasteiger partial charge in [0, 0.05) is 5.69 Å². The standard InChI is InChI=1S/C24H28N4O6/c1-5-32-22-12-7-18(13-23(22)33-6-2)15-34-20-10-8-19(9-11-20)25-24(29)17(4)27-14-21(28(30)31)16(3)26-27/h7-14,17H,5-6,15H2,1-4H3,(H,25,29). The van der Waals surface area contributed by atoms with Crippen LogP contribution in [0.5, 0.6) is 17.2 Å². The van der Waals surface area contributed by atoms with Gasteiger partial charge < -0.3 is 19.5 Å². The van der Waals surface area contributed by atoms with Gasteiger partial charge in [0.05, 0.1) is 18.1 Å². The molecule has 10 nitrogen and oxygen atoms in total. The Balaban J connectivity index is 1.59. The molecule has 0 fully saturated rings. The summed E-state index contributed by atoms with van der Waals surface area (Å²) in [4.78, 5) is 23.1. The van der Waals surface area contributed by atoms with E-state index in [1.807, 2.05) is 32.0 Å². The van der Waals surface area contributed by atoms with Crippen LogP contribution in [-0.2, 0) is 11.4 Å². The van der Waals surface area contributed by atoms with Crippen molar-refractivity contribution in [3.63, 3.8) is 0 Å². The summed E-state index contributed by atoms with van der Waals surface area (Å²) in [6.07, 6.45) is 1.26. The number of nitrogens with one attached hydrogen (secondary N) is 1. The van der Waals surface area contributed by atoms with E-state index >= 15 is 0 Å². The van der Waals surface area contributed by atoms with Crippen molar-refractivity contribution in [2.45, 2.75) is 40.3 Å². The van der Waals surface area contributed by atoms with Crippen LogP contribution >= 0.6 is 0 Å². The lowest BCUT2D eigenvalue weighted by Crippen LogP contribution is -2.24. The third-order valence-electron chi connectivity index (χ3n) is 5.00. The summed E-state index contributed by atoms with van der Waals surface area (Å²) in [7, 11) is 0. The molecule has 3 rings (SSSR count). The van der Waals surface area contributed by atoms with Gasteiger partial charge >= 0.3 is 5.69 Å². The summed E-state index contributed by atoms with van der Waals surface area (Å²) in [5.41, 5.74) is 1.64. The molecule has 10 heteroatoms. The van der Waals surface area contributed by atoms with E-state index < -0.39 is 11.0 Å². The van der Waals surface area contributed by atoms with Crippen molar-refractivity contribution in [3.05, 3.63) is 70.0 Å². The minimum atomic E-state index is -0.720. The summed E-state index contributed by atoms with van der Waals surface area (Å²) in [5.74, 6) is 1.66. The number of benzene rings is 2. The quantitative estimate of drug-likeness (QED) is 0.321. The van der Waals surface area contributed by atoms with E-state index in [1.165, 1.54) is 17.8 Å². The van der Waals surface area contributed by atoms with Crippen LogP contribution in [0.1, 0.15) is 38.1 Å². The molecule has 0 saturated carbocycles. The maximum atomic E-state index is 12.6. The lowest BCUT2D eigenvalue weighted by Gasteiger charge is -2.14. The number of aromatic nitrogens is 2. The van der Waals surface area contributed by atoms with Crippen LogP contribution in [0.25, 0.3) is 0 Å². The smallest absolute Gasteiger partial charge is 0.309 e. The molecule has 1 N–H and O–H groups in total. The van der Waals surface area contributed by atoms with Crippen molar-refractivity contribution < 1.29 is 23.9 Å². The fourth-order valence-corrected chi connectivity index (χ4v) is 3.20. The molecular formula is C24H28N4O6. The van der Waals surface area contributed by atoms with Crippen molar-refractivity contribution in [1.82, 2.24) is 9.78 Å². The highest BCUT2D eigenvalue weighted by atomic mass is 16.6. The largest absolute Gasteiger partial charge is 0.490 e. The SMILES string of the molecule is CCOc1ccc(COc2ccc(NC(=O)C(C)n3cc([N+](=O)[O-])c(C)n3)cc2)cc1OCC. The Kier molecular flexibility index (Phi) is 8.07. The number of nitrogens with zero attached hydrogens (tertiary/aromatic N) is 3. The molecule has 34 heavy (non-hydrogen) atoms. The molecule has 0 aliphatic heterocycles. The summed E-state index contributed by atoms with van der Waals surface area (Å²) in [6, 6.07) is 11.9. The third kappa shape index (κ3) is 6.03. The number of amides is 1. The molecule has 3 aromatic rings. The first-order valence-electron chi connectivity index (χ1n) is 10.9. The van der Waals surface area contributed by atoms with Crippen molar-refractivity contribution in [2.75, 3.05) is 18.5 Å². The number of rotatable bonds is 11. The first-order chi connectivity index (χ1) is 16.3. The fraction of sp³-hybridized carbons (Fsp3) is 0.333. The van der Waals surface area contributed by atoms with E-state index in [1.54, 1.807) is 31.2 Å². The Hall–Kier alpha value is -4.08. The van der Waals surface area contributed by atoms with E-state index in [2.05, 4.69) is 10.4 Å². The molecule has 180 valence electrons. The normalized spacial score (nSPS) is 11.5. The van der Waals surface area contributed by atoms with E-state index in [0.29, 0.717) is 42.8 Å². The molecule has 1 aromatic heterocycles. The van der Waals surface area contributed by atoms with Crippen LogP contribution < -0.4 is 19.5 Å². The van der Waals surface area contributed by atoms with Crippen LogP contribution in [0, 0.1) is 17.0 Å². The van der Waals surface area contributed by atoms with Crippen molar-refractivity contribution in [2.24, 2.45) is 0 Å². The first kappa shape index (κ1) is 24.6. The van der Waals surface area contributed by atoms with Gasteiger partial charge in [0.2, 0.25) is 5.91 Å². The minimum Gasteiger partial charge on any atom is -0.490 e. The van der Waals surface area contributed by atoms with Gasteiger partial charge in [0.15, 0.2) is 11.5 Å². The number of nitro groups is 1. The zero-order valence-corrected chi connectivity index (χ0v) is 19.6. The van der Waals surface area contributed by atoms with Gasteiger partial charge in [-0.3, -0.25) is 19.6 Å². The van der Waals surface area contributed by atoms with Crippen molar-refractivity contribution in [1.29, 1.82) is 0 Å². The molecular weight excluding hydrogens is 440 g/mol. The van der Waals surface area contributed by atoms with Gasteiger partial charge in [-0.2, -0.15) is 5.10 Å². The van der Waals surface area contributed by atoms with Gasteiger partial charge in [0.1, 0.15) is 30.3 Å². The van der Waals surface area contributed by atoms with E-state index in [9.17, 15) is 14.9 Å². The molecule has 1 unspecified atom stereocenters. The van der Waals surface area contributed by atoms with Crippen LogP contribution in [0.2, 0.25) is 0 Å². The third-order valence-corrected chi connectivity index (χ3v) is 5.00. The number of aryl methyl sites for hydroxylation is 1. The Labute approximate surface area is 197 Å². The first-order valence-corrected chi connectivity index (χ1v) is 10.9. The summed E-state index contributed by atoms with van der Waals surface area (Å²) in [5, 5.41) is 17.9. The van der Waals surface area contributed by atoms with E-state index in [0.717, 1.165) is 5.56 Å². The Morgan fingerprint density at radius 3 is 2.38 bits per heavy atom. The van der Waals surface area contributed by atoms with E-state index in [-0.39, 0.29) is 17.3 Å². The maximum absolute atomic E-state index is 12.6. The highest BCUT2D eigenvalue weighted by Crippen LogP contribution is 2.29. The average molecular weight is 469 g/mol. The van der Waals surface area contributed by atoms with Gasteiger partial charge in [-0.1, -0.05) is 6.07 Å². The zero-order chi connectivity index (χ0) is 24.7. The Morgan fingerprint density at radius 1 is 1.09 bits per heavy atom. The van der Waals surface area contributed by atoms with Crippen LogP contribution in [0.15, 0.2) is 48.7 Å². The minimum absolute atomic E-state index is 0.123. The van der Waals surface area contributed by atoms with Crippen LogP contribution in [0.3, 0.4) is 0 Å². The van der Waals surface area contributed by atoms with Crippen molar-refractivity contribution in [3.8, 4) is 17.2 Å². The predicted molar refractivity (Wildman–Crippen MR) is 127 cm³/mol. The second kappa shape index (κ2) is 11.2. The molecule has 0 radical (unpaired) electrons. The topological polar surface area (TPSA) is 118 Å². The molecule has 1 heterocycles. The van der Waals surface area contributed by atoms with Gasteiger partial charge in [0.25, 0.3) is 0 Å². The average Bonchev–Trinajstić information content (AvgIpc) is 3.21. The monoisotopic (exact) mass is 468 g/mol. The molecule has 2 aromatic carbocycles. The lowest BCUT2D eigenvalue weighted by atomic mass is 10.2. The zero-order valence-electron chi connectivity index (χ0n) is 19.6. The fourth-order valence-electron chi connectivity index (χ4n) is 3.20. The van der Waals surface area contributed by atoms with Gasteiger partial charge in [-0.05, 0) is 69.7 Å². The summed E-state index contributed by atoms with van der Waals surface area (Å²) in [6.45, 7) is 8.42. The Morgan fingerprint density at radius 2 is 1.76 bits per heavy atom. The number of anilines is 1.